The van der Waals surface area contributed by atoms with Crippen molar-refractivity contribution in [3.63, 3.8) is 0 Å². The summed E-state index contributed by atoms with van der Waals surface area (Å²) in [6, 6.07) is 24.8. The van der Waals surface area contributed by atoms with E-state index in [0.717, 1.165) is 60.1 Å². The third-order valence-electron chi connectivity index (χ3n) is 9.19. The number of amides is 1. The standard InChI is InChI=1S/C36H44N2O4/c1-36(2,3)30-31(37-23-28-22-27(20-21-29(28)42-4)24-14-8-5-9-15-24)32(25-16-10-6-11-17-25)38(33(30)35(40)41)34(39)26-18-12-7-13-19-26/h5-6,8-11,14-17,20-22,26,30-33,37H,7,12-13,18-19,23H2,1-4H3,(H,40,41)/t30-,31-,32-,33-/m0/s1. The molecule has 0 bridgehead atoms. The van der Waals surface area contributed by atoms with Gasteiger partial charge in [-0.1, -0.05) is 107 Å². The molecule has 6 heteroatoms. The topological polar surface area (TPSA) is 78.9 Å². The Morgan fingerprint density at radius 2 is 1.55 bits per heavy atom. The van der Waals surface area contributed by atoms with Gasteiger partial charge in [-0.2, -0.15) is 0 Å². The van der Waals surface area contributed by atoms with E-state index in [1.165, 1.54) is 0 Å². The van der Waals surface area contributed by atoms with E-state index < -0.39 is 18.1 Å². The summed E-state index contributed by atoms with van der Waals surface area (Å²) in [6.45, 7) is 6.75. The summed E-state index contributed by atoms with van der Waals surface area (Å²) in [5.41, 5.74) is 3.77. The molecule has 3 aromatic rings. The molecule has 0 radical (unpaired) electrons. The van der Waals surface area contributed by atoms with E-state index in [-0.39, 0.29) is 29.2 Å². The predicted molar refractivity (Wildman–Crippen MR) is 166 cm³/mol. The van der Waals surface area contributed by atoms with Crippen molar-refractivity contribution in [1.29, 1.82) is 0 Å². The van der Waals surface area contributed by atoms with Crippen molar-refractivity contribution < 1.29 is 19.4 Å². The van der Waals surface area contributed by atoms with E-state index in [1.54, 1.807) is 12.0 Å². The zero-order valence-corrected chi connectivity index (χ0v) is 25.3. The van der Waals surface area contributed by atoms with E-state index in [2.05, 4.69) is 50.4 Å². The van der Waals surface area contributed by atoms with Crippen molar-refractivity contribution in [3.8, 4) is 16.9 Å². The minimum atomic E-state index is -0.937. The van der Waals surface area contributed by atoms with Gasteiger partial charge in [0.2, 0.25) is 5.91 Å². The molecule has 222 valence electrons. The lowest BCUT2D eigenvalue weighted by atomic mass is 9.72. The molecular weight excluding hydrogens is 524 g/mol. The molecule has 2 fully saturated rings. The number of methoxy groups -OCH3 is 1. The van der Waals surface area contributed by atoms with Crippen LogP contribution in [-0.4, -0.2) is 41.1 Å². The number of carboxylic acids is 1. The Labute approximate surface area is 250 Å². The number of rotatable bonds is 8. The van der Waals surface area contributed by atoms with Crippen molar-refractivity contribution >= 4 is 11.9 Å². The molecule has 5 rings (SSSR count). The van der Waals surface area contributed by atoms with Crippen molar-refractivity contribution in [2.75, 3.05) is 7.11 Å². The van der Waals surface area contributed by atoms with Gasteiger partial charge in [0.1, 0.15) is 11.8 Å². The first-order valence-corrected chi connectivity index (χ1v) is 15.3. The SMILES string of the molecule is COc1ccc(-c2ccccc2)cc1CN[C@H]1[C@H](C(C)(C)C)[C@@H](C(=O)O)N(C(=O)C2CCCCC2)[C@H]1c1ccccc1. The lowest BCUT2D eigenvalue weighted by Crippen LogP contribution is -2.49. The molecule has 3 aromatic carbocycles. The average Bonchev–Trinajstić information content (AvgIpc) is 3.37. The zero-order chi connectivity index (χ0) is 29.9. The van der Waals surface area contributed by atoms with Gasteiger partial charge in [0, 0.05) is 30.0 Å². The van der Waals surface area contributed by atoms with Crippen molar-refractivity contribution in [1.82, 2.24) is 10.2 Å². The third kappa shape index (κ3) is 6.10. The summed E-state index contributed by atoms with van der Waals surface area (Å²) in [5.74, 6) is -0.635. The molecule has 1 aliphatic heterocycles. The molecule has 1 saturated carbocycles. The van der Waals surface area contributed by atoms with Crippen LogP contribution < -0.4 is 10.1 Å². The van der Waals surface area contributed by atoms with Crippen LogP contribution in [0.3, 0.4) is 0 Å². The van der Waals surface area contributed by atoms with Gasteiger partial charge >= 0.3 is 5.97 Å². The number of ether oxygens (including phenoxy) is 1. The van der Waals surface area contributed by atoms with Crippen LogP contribution in [-0.2, 0) is 16.1 Å². The molecule has 1 saturated heterocycles. The first-order chi connectivity index (χ1) is 20.2. The molecule has 0 unspecified atom stereocenters. The molecular formula is C36H44N2O4. The van der Waals surface area contributed by atoms with E-state index >= 15 is 0 Å². The molecule has 2 N–H and O–H groups in total. The van der Waals surface area contributed by atoms with Gasteiger partial charge in [-0.15, -0.1) is 0 Å². The highest BCUT2D eigenvalue weighted by Crippen LogP contribution is 2.49. The van der Waals surface area contributed by atoms with Gasteiger partial charge in [0.15, 0.2) is 0 Å². The highest BCUT2D eigenvalue weighted by atomic mass is 16.5. The van der Waals surface area contributed by atoms with Crippen LogP contribution in [0.25, 0.3) is 11.1 Å². The monoisotopic (exact) mass is 568 g/mol. The normalized spacial score (nSPS) is 23.1. The fraction of sp³-hybridized carbons (Fsp3) is 0.444. The molecule has 1 heterocycles. The smallest absolute Gasteiger partial charge is 0.326 e. The van der Waals surface area contributed by atoms with Gasteiger partial charge in [-0.05, 0) is 47.1 Å². The fourth-order valence-corrected chi connectivity index (χ4v) is 7.24. The molecule has 0 aromatic heterocycles. The molecule has 1 aliphatic carbocycles. The fourth-order valence-electron chi connectivity index (χ4n) is 7.24. The van der Waals surface area contributed by atoms with E-state index in [4.69, 9.17) is 4.74 Å². The first kappa shape index (κ1) is 29.8. The maximum Gasteiger partial charge on any atom is 0.326 e. The lowest BCUT2D eigenvalue weighted by Gasteiger charge is -2.36. The number of nitrogens with one attached hydrogen (secondary N) is 1. The summed E-state index contributed by atoms with van der Waals surface area (Å²) < 4.78 is 5.76. The number of hydrogen-bond donors (Lipinski definition) is 2. The number of carbonyl (C=O) groups excluding carboxylic acids is 1. The summed E-state index contributed by atoms with van der Waals surface area (Å²) in [5, 5.41) is 14.5. The number of hydrogen-bond acceptors (Lipinski definition) is 4. The van der Waals surface area contributed by atoms with Crippen LogP contribution in [0.4, 0.5) is 0 Å². The van der Waals surface area contributed by atoms with Crippen LogP contribution in [0.15, 0.2) is 78.9 Å². The number of carboxylic acid groups (broad SMARTS) is 1. The predicted octanol–water partition coefficient (Wildman–Crippen LogP) is 7.10. The second kappa shape index (κ2) is 12.7. The Morgan fingerprint density at radius 3 is 2.14 bits per heavy atom. The largest absolute Gasteiger partial charge is 0.496 e. The summed E-state index contributed by atoms with van der Waals surface area (Å²) in [4.78, 5) is 29.2. The average molecular weight is 569 g/mol. The van der Waals surface area contributed by atoms with Gasteiger partial charge in [-0.25, -0.2) is 4.79 Å². The third-order valence-corrected chi connectivity index (χ3v) is 9.19. The van der Waals surface area contributed by atoms with Crippen LogP contribution in [0.1, 0.15) is 70.0 Å². The van der Waals surface area contributed by atoms with Gasteiger partial charge in [-0.3, -0.25) is 4.79 Å². The summed E-state index contributed by atoms with van der Waals surface area (Å²) in [7, 11) is 1.67. The molecule has 6 nitrogen and oxygen atoms in total. The van der Waals surface area contributed by atoms with Crippen LogP contribution >= 0.6 is 0 Å². The van der Waals surface area contributed by atoms with Crippen molar-refractivity contribution in [3.05, 3.63) is 90.0 Å². The number of aliphatic carboxylic acids is 1. The Hall–Kier alpha value is -3.64. The van der Waals surface area contributed by atoms with Gasteiger partial charge in [0.25, 0.3) is 0 Å². The van der Waals surface area contributed by atoms with Crippen LogP contribution in [0, 0.1) is 17.3 Å². The molecule has 42 heavy (non-hydrogen) atoms. The van der Waals surface area contributed by atoms with E-state index in [1.807, 2.05) is 54.6 Å². The molecule has 0 spiro atoms. The number of likely N-dealkylation sites (tertiary alicyclic amines) is 1. The highest BCUT2D eigenvalue weighted by molar-refractivity contribution is 5.87. The van der Waals surface area contributed by atoms with Crippen LogP contribution in [0.5, 0.6) is 5.75 Å². The minimum absolute atomic E-state index is 0.0156. The number of carbonyl (C=O) groups is 2. The minimum Gasteiger partial charge on any atom is -0.496 e. The van der Waals surface area contributed by atoms with E-state index in [9.17, 15) is 14.7 Å². The quantitative estimate of drug-likeness (QED) is 0.303. The summed E-state index contributed by atoms with van der Waals surface area (Å²) in [6.07, 6.45) is 4.81. The summed E-state index contributed by atoms with van der Waals surface area (Å²) >= 11 is 0. The second-order valence-corrected chi connectivity index (χ2v) is 12.9. The van der Waals surface area contributed by atoms with Crippen molar-refractivity contribution in [2.24, 2.45) is 17.3 Å². The zero-order valence-electron chi connectivity index (χ0n) is 25.3. The molecule has 4 atom stereocenters. The second-order valence-electron chi connectivity index (χ2n) is 12.9. The Bertz CT molecular complexity index is 1360. The maximum atomic E-state index is 14.3. The Morgan fingerprint density at radius 1 is 0.905 bits per heavy atom. The lowest BCUT2D eigenvalue weighted by molar-refractivity contribution is -0.154. The Balaban J connectivity index is 1.57. The molecule has 1 amide bonds. The first-order valence-electron chi connectivity index (χ1n) is 15.3. The van der Waals surface area contributed by atoms with Crippen LogP contribution in [0.2, 0.25) is 0 Å². The van der Waals surface area contributed by atoms with E-state index in [0.29, 0.717) is 6.54 Å². The van der Waals surface area contributed by atoms with Gasteiger partial charge < -0.3 is 20.1 Å². The number of nitrogens with zero attached hydrogens (tertiary/aromatic N) is 1. The number of benzene rings is 3. The highest BCUT2D eigenvalue weighted by Gasteiger charge is 2.58. The Kier molecular flexibility index (Phi) is 9.02. The van der Waals surface area contributed by atoms with Gasteiger partial charge in [0.05, 0.1) is 13.2 Å². The molecule has 2 aliphatic rings. The van der Waals surface area contributed by atoms with Crippen molar-refractivity contribution in [2.45, 2.75) is 77.5 Å². The maximum absolute atomic E-state index is 14.3.